The Bertz CT molecular complexity index is 551. The van der Waals surface area contributed by atoms with Crippen LogP contribution in [0.3, 0.4) is 0 Å². The third kappa shape index (κ3) is 4.00. The topological polar surface area (TPSA) is 78.9 Å². The fourth-order valence-corrected chi connectivity index (χ4v) is 2.36. The van der Waals surface area contributed by atoms with Gasteiger partial charge >= 0.3 is 6.09 Å². The number of amides is 2. The number of nitrogens with one attached hydrogen (secondary N) is 1. The van der Waals surface area contributed by atoms with E-state index in [0.717, 1.165) is 0 Å². The number of aromatic hydroxyl groups is 1. The molecule has 6 heteroatoms. The maximum atomic E-state index is 12.1. The lowest BCUT2D eigenvalue weighted by Gasteiger charge is -2.31. The highest BCUT2D eigenvalue weighted by molar-refractivity contribution is 5.96. The molecule has 0 aromatic heterocycles. The number of carbonyl (C=O) groups excluding carboxylic acids is 2. The van der Waals surface area contributed by atoms with Crippen LogP contribution in [0.5, 0.6) is 5.75 Å². The van der Waals surface area contributed by atoms with Crippen LogP contribution >= 0.6 is 0 Å². The Morgan fingerprint density at radius 3 is 2.68 bits per heavy atom. The van der Waals surface area contributed by atoms with Crippen molar-refractivity contribution < 1.29 is 19.4 Å². The van der Waals surface area contributed by atoms with Crippen molar-refractivity contribution in [2.24, 2.45) is 0 Å². The first kappa shape index (κ1) is 15.9. The van der Waals surface area contributed by atoms with Gasteiger partial charge in [0.2, 0.25) is 0 Å². The van der Waals surface area contributed by atoms with E-state index in [1.54, 1.807) is 23.1 Å². The van der Waals surface area contributed by atoms with Crippen molar-refractivity contribution in [3.05, 3.63) is 42.5 Å². The number of phenols is 1. The lowest BCUT2D eigenvalue weighted by molar-refractivity contribution is 0.0872. The van der Waals surface area contributed by atoms with Crippen molar-refractivity contribution in [1.29, 1.82) is 0 Å². The number of ether oxygens (including phenoxy) is 1. The summed E-state index contributed by atoms with van der Waals surface area (Å²) in [6.45, 7) is 4.75. The average molecular weight is 304 g/mol. The fourth-order valence-electron chi connectivity index (χ4n) is 2.36. The van der Waals surface area contributed by atoms with Crippen LogP contribution < -0.4 is 5.32 Å². The van der Waals surface area contributed by atoms with Crippen LogP contribution in [-0.2, 0) is 4.74 Å². The highest BCUT2D eigenvalue weighted by atomic mass is 16.6. The predicted octanol–water partition coefficient (Wildman–Crippen LogP) is 1.91. The fraction of sp³-hybridized carbons (Fsp3) is 0.375. The third-order valence-corrected chi connectivity index (χ3v) is 3.56. The summed E-state index contributed by atoms with van der Waals surface area (Å²) in [6.07, 6.45) is 2.48. The van der Waals surface area contributed by atoms with Crippen molar-refractivity contribution in [3.63, 3.8) is 0 Å². The number of rotatable bonds is 4. The number of nitrogens with zero attached hydrogens (tertiary/aromatic N) is 1. The maximum absolute atomic E-state index is 12.1. The number of para-hydroxylation sites is 1. The van der Waals surface area contributed by atoms with Crippen molar-refractivity contribution in [1.82, 2.24) is 10.2 Å². The summed E-state index contributed by atoms with van der Waals surface area (Å²) in [5.41, 5.74) is 0.260. The van der Waals surface area contributed by atoms with E-state index in [0.29, 0.717) is 25.9 Å². The minimum absolute atomic E-state index is 0.0180. The van der Waals surface area contributed by atoms with Gasteiger partial charge < -0.3 is 20.1 Å². The molecule has 1 aliphatic heterocycles. The van der Waals surface area contributed by atoms with Crippen LogP contribution in [0, 0.1) is 0 Å². The van der Waals surface area contributed by atoms with Crippen molar-refractivity contribution >= 4 is 12.0 Å². The summed E-state index contributed by atoms with van der Waals surface area (Å²) in [4.78, 5) is 25.4. The molecule has 0 saturated carbocycles. The predicted molar refractivity (Wildman–Crippen MR) is 81.7 cm³/mol. The number of hydrogen-bond acceptors (Lipinski definition) is 4. The molecule has 22 heavy (non-hydrogen) atoms. The molecule has 118 valence electrons. The molecule has 1 aliphatic rings. The molecule has 0 aliphatic carbocycles. The molecule has 2 rings (SSSR count). The van der Waals surface area contributed by atoms with E-state index in [1.807, 2.05) is 0 Å². The molecule has 1 heterocycles. The average Bonchev–Trinajstić information content (AvgIpc) is 2.53. The van der Waals surface area contributed by atoms with Crippen molar-refractivity contribution in [2.75, 3.05) is 19.7 Å². The van der Waals surface area contributed by atoms with Gasteiger partial charge in [-0.15, -0.1) is 0 Å². The number of carbonyl (C=O) groups is 2. The molecule has 0 spiro atoms. The Labute approximate surface area is 129 Å². The summed E-state index contributed by atoms with van der Waals surface area (Å²) in [5.74, 6) is -0.337. The largest absolute Gasteiger partial charge is 0.507 e. The Morgan fingerprint density at radius 2 is 2.05 bits per heavy atom. The number of phenolic OH excluding ortho intramolecular Hbond substituents is 1. The standard InChI is InChI=1S/C16H20N2O4/c1-2-11-22-16(21)18-9-7-12(8-10-18)17-15(20)13-5-3-4-6-14(13)19/h2-6,12,19H,1,7-11H2,(H,17,20). The van der Waals surface area contributed by atoms with Crippen LogP contribution in [0.2, 0.25) is 0 Å². The van der Waals surface area contributed by atoms with Crippen LogP contribution in [0.25, 0.3) is 0 Å². The molecule has 1 aromatic rings. The summed E-state index contributed by atoms with van der Waals surface area (Å²) in [7, 11) is 0. The van der Waals surface area contributed by atoms with Gasteiger partial charge in [0.05, 0.1) is 5.56 Å². The molecular formula is C16H20N2O4. The molecule has 1 aromatic carbocycles. The van der Waals surface area contributed by atoms with E-state index in [-0.39, 0.29) is 36.0 Å². The normalized spacial score (nSPS) is 15.2. The van der Waals surface area contributed by atoms with E-state index in [2.05, 4.69) is 11.9 Å². The van der Waals surface area contributed by atoms with E-state index in [4.69, 9.17) is 4.74 Å². The van der Waals surface area contributed by atoms with Gasteiger partial charge in [-0.1, -0.05) is 24.8 Å². The summed E-state index contributed by atoms with van der Waals surface area (Å²) < 4.78 is 4.98. The first-order valence-corrected chi connectivity index (χ1v) is 7.23. The maximum Gasteiger partial charge on any atom is 0.410 e. The highest BCUT2D eigenvalue weighted by Crippen LogP contribution is 2.17. The second-order valence-corrected chi connectivity index (χ2v) is 5.12. The monoisotopic (exact) mass is 304 g/mol. The molecule has 0 bridgehead atoms. The lowest BCUT2D eigenvalue weighted by Crippen LogP contribution is -2.46. The molecule has 2 N–H and O–H groups in total. The van der Waals surface area contributed by atoms with E-state index < -0.39 is 0 Å². The Hall–Kier alpha value is -2.50. The zero-order valence-electron chi connectivity index (χ0n) is 12.3. The molecular weight excluding hydrogens is 284 g/mol. The van der Waals surface area contributed by atoms with Crippen molar-refractivity contribution in [3.8, 4) is 5.75 Å². The van der Waals surface area contributed by atoms with Gasteiger partial charge in [0.15, 0.2) is 0 Å². The minimum Gasteiger partial charge on any atom is -0.507 e. The second-order valence-electron chi connectivity index (χ2n) is 5.12. The smallest absolute Gasteiger partial charge is 0.410 e. The third-order valence-electron chi connectivity index (χ3n) is 3.56. The van der Waals surface area contributed by atoms with Crippen molar-refractivity contribution in [2.45, 2.75) is 18.9 Å². The quantitative estimate of drug-likeness (QED) is 0.833. The number of piperidine rings is 1. The minimum atomic E-state index is -0.356. The second kappa shape index (κ2) is 7.49. The molecule has 1 saturated heterocycles. The zero-order chi connectivity index (χ0) is 15.9. The van der Waals surface area contributed by atoms with Crippen LogP contribution in [0.4, 0.5) is 4.79 Å². The number of hydrogen-bond donors (Lipinski definition) is 2. The Balaban J connectivity index is 1.82. The Kier molecular flexibility index (Phi) is 5.41. The molecule has 1 fully saturated rings. The van der Waals surface area contributed by atoms with Gasteiger partial charge in [0.25, 0.3) is 5.91 Å². The molecule has 0 unspecified atom stereocenters. The SMILES string of the molecule is C=CCOC(=O)N1CCC(NC(=O)c2ccccc2O)CC1. The molecule has 0 radical (unpaired) electrons. The summed E-state index contributed by atoms with van der Waals surface area (Å²) in [6, 6.07) is 6.40. The summed E-state index contributed by atoms with van der Waals surface area (Å²) in [5, 5.41) is 12.6. The van der Waals surface area contributed by atoms with Gasteiger partial charge in [0, 0.05) is 19.1 Å². The number of likely N-dealkylation sites (tertiary alicyclic amines) is 1. The van der Waals surface area contributed by atoms with Crippen LogP contribution in [-0.4, -0.2) is 47.7 Å². The first-order valence-electron chi connectivity index (χ1n) is 7.23. The van der Waals surface area contributed by atoms with E-state index >= 15 is 0 Å². The van der Waals surface area contributed by atoms with Gasteiger partial charge in [-0.3, -0.25) is 4.79 Å². The molecule has 2 amide bonds. The summed E-state index contributed by atoms with van der Waals surface area (Å²) >= 11 is 0. The zero-order valence-corrected chi connectivity index (χ0v) is 12.3. The van der Waals surface area contributed by atoms with E-state index in [1.165, 1.54) is 12.1 Å². The number of benzene rings is 1. The lowest BCUT2D eigenvalue weighted by atomic mass is 10.0. The Morgan fingerprint density at radius 1 is 1.36 bits per heavy atom. The van der Waals surface area contributed by atoms with Gasteiger partial charge in [-0.25, -0.2) is 4.79 Å². The van der Waals surface area contributed by atoms with Crippen LogP contribution in [0.1, 0.15) is 23.2 Å². The molecule has 0 atom stereocenters. The van der Waals surface area contributed by atoms with E-state index in [9.17, 15) is 14.7 Å². The van der Waals surface area contributed by atoms with Gasteiger partial charge in [-0.2, -0.15) is 0 Å². The first-order chi connectivity index (χ1) is 10.6. The highest BCUT2D eigenvalue weighted by Gasteiger charge is 2.25. The van der Waals surface area contributed by atoms with Gasteiger partial charge in [-0.05, 0) is 25.0 Å². The molecule has 6 nitrogen and oxygen atoms in total. The van der Waals surface area contributed by atoms with Crippen LogP contribution in [0.15, 0.2) is 36.9 Å². The van der Waals surface area contributed by atoms with Gasteiger partial charge in [0.1, 0.15) is 12.4 Å².